The minimum Gasteiger partial charge on any atom is -0.490 e. The summed E-state index contributed by atoms with van der Waals surface area (Å²) < 4.78 is 11.2. The topological polar surface area (TPSA) is 71.8 Å². The second-order valence-corrected chi connectivity index (χ2v) is 6.35. The number of furan rings is 1. The van der Waals surface area contributed by atoms with Crippen LogP contribution < -0.4 is 10.1 Å². The van der Waals surface area contributed by atoms with Gasteiger partial charge in [0.2, 0.25) is 0 Å². The van der Waals surface area contributed by atoms with Gasteiger partial charge in [0.1, 0.15) is 11.5 Å². The summed E-state index contributed by atoms with van der Waals surface area (Å²) in [6.45, 7) is 1.82. The summed E-state index contributed by atoms with van der Waals surface area (Å²) in [5, 5.41) is 2.73. The quantitative estimate of drug-likeness (QED) is 0.858. The fourth-order valence-electron chi connectivity index (χ4n) is 2.86. The number of carbonyl (C=O) groups excluding carboxylic acids is 2. The molecule has 2 heterocycles. The highest BCUT2D eigenvalue weighted by atomic mass is 16.5. The number of amides is 3. The van der Waals surface area contributed by atoms with E-state index in [1.807, 2.05) is 24.3 Å². The minimum atomic E-state index is -1.17. The van der Waals surface area contributed by atoms with Crippen molar-refractivity contribution in [2.45, 2.75) is 38.0 Å². The number of para-hydroxylation sites is 1. The maximum atomic E-state index is 12.8. The van der Waals surface area contributed by atoms with Gasteiger partial charge in [-0.15, -0.1) is 0 Å². The van der Waals surface area contributed by atoms with Gasteiger partial charge in [-0.3, -0.25) is 9.69 Å². The number of urea groups is 1. The molecule has 1 saturated heterocycles. The Bertz CT molecular complexity index is 782. The molecule has 3 amide bonds. The van der Waals surface area contributed by atoms with Crippen molar-refractivity contribution in [1.29, 1.82) is 0 Å². The van der Waals surface area contributed by atoms with E-state index >= 15 is 0 Å². The van der Waals surface area contributed by atoms with E-state index in [0.717, 1.165) is 24.2 Å². The second kappa shape index (κ2) is 5.40. The first-order valence-corrected chi connectivity index (χ1v) is 8.00. The van der Waals surface area contributed by atoms with Crippen molar-refractivity contribution in [2.24, 2.45) is 0 Å². The van der Waals surface area contributed by atoms with Gasteiger partial charge in [-0.2, -0.15) is 0 Å². The Hall–Kier alpha value is -2.76. The van der Waals surface area contributed by atoms with E-state index in [4.69, 9.17) is 9.15 Å². The molecule has 0 radical (unpaired) electrons. The molecule has 1 aliphatic carbocycles. The van der Waals surface area contributed by atoms with E-state index in [1.54, 1.807) is 19.1 Å². The van der Waals surface area contributed by atoms with Crippen molar-refractivity contribution in [1.82, 2.24) is 10.2 Å². The van der Waals surface area contributed by atoms with Crippen LogP contribution in [0.4, 0.5) is 4.79 Å². The normalized spacial score (nSPS) is 23.5. The van der Waals surface area contributed by atoms with Crippen LogP contribution in [-0.2, 0) is 16.9 Å². The Balaban J connectivity index is 1.59. The lowest BCUT2D eigenvalue weighted by Gasteiger charge is -2.19. The summed E-state index contributed by atoms with van der Waals surface area (Å²) in [5.41, 5.74) is -0.357. The monoisotopic (exact) mass is 326 g/mol. The van der Waals surface area contributed by atoms with Crippen LogP contribution in [0.5, 0.6) is 5.75 Å². The molecule has 1 atom stereocenters. The van der Waals surface area contributed by atoms with Crippen molar-refractivity contribution in [3.63, 3.8) is 0 Å². The van der Waals surface area contributed by atoms with Crippen molar-refractivity contribution in [3.8, 4) is 5.75 Å². The lowest BCUT2D eigenvalue weighted by atomic mass is 9.99. The van der Waals surface area contributed by atoms with Crippen LogP contribution in [0.15, 0.2) is 47.1 Å². The van der Waals surface area contributed by atoms with Crippen LogP contribution in [0.25, 0.3) is 0 Å². The molecule has 124 valence electrons. The van der Waals surface area contributed by atoms with Crippen LogP contribution in [0.1, 0.15) is 31.1 Å². The van der Waals surface area contributed by atoms with Gasteiger partial charge < -0.3 is 14.5 Å². The molecule has 2 fully saturated rings. The van der Waals surface area contributed by atoms with Gasteiger partial charge in [0, 0.05) is 5.56 Å². The highest BCUT2D eigenvalue weighted by Crippen LogP contribution is 2.33. The number of benzene rings is 1. The number of ether oxygens (including phenoxy) is 1. The lowest BCUT2D eigenvalue weighted by molar-refractivity contribution is -0.132. The average molecular weight is 326 g/mol. The Labute approximate surface area is 139 Å². The van der Waals surface area contributed by atoms with Crippen molar-refractivity contribution in [2.75, 3.05) is 0 Å². The number of carbonyl (C=O) groups is 2. The molecule has 6 heteroatoms. The van der Waals surface area contributed by atoms with Crippen LogP contribution in [0.2, 0.25) is 0 Å². The molecule has 2 aliphatic rings. The maximum absolute atomic E-state index is 12.8. The Morgan fingerprint density at radius 3 is 2.75 bits per heavy atom. The molecule has 0 spiro atoms. The van der Waals surface area contributed by atoms with Crippen molar-refractivity contribution in [3.05, 3.63) is 54.0 Å². The molecule has 0 bridgehead atoms. The van der Waals surface area contributed by atoms with Crippen LogP contribution in [-0.4, -0.2) is 22.9 Å². The molecule has 2 aromatic rings. The molecule has 1 saturated carbocycles. The van der Waals surface area contributed by atoms with Crippen LogP contribution in [0.3, 0.4) is 0 Å². The van der Waals surface area contributed by atoms with Gasteiger partial charge in [-0.05, 0) is 38.0 Å². The molecule has 1 aromatic heterocycles. The van der Waals surface area contributed by atoms with E-state index < -0.39 is 11.6 Å². The smallest absolute Gasteiger partial charge is 0.325 e. The number of nitrogens with one attached hydrogen (secondary N) is 1. The maximum Gasteiger partial charge on any atom is 0.325 e. The van der Waals surface area contributed by atoms with Crippen molar-refractivity contribution >= 4 is 11.9 Å². The zero-order valence-electron chi connectivity index (χ0n) is 13.3. The molecule has 1 aromatic carbocycles. The summed E-state index contributed by atoms with van der Waals surface area (Å²) in [7, 11) is 0. The first kappa shape index (κ1) is 14.8. The zero-order chi connectivity index (χ0) is 16.7. The van der Waals surface area contributed by atoms with Gasteiger partial charge in [-0.25, -0.2) is 4.79 Å². The standard InChI is InChI=1S/C18H18N2O4/c1-18(15-7-4-10-23-15)16(21)20(17(22)19-18)11-12-5-2-3-6-14(12)24-13-8-9-13/h2-7,10,13H,8-9,11H2,1H3,(H,19,22). The molecule has 4 rings (SSSR count). The Kier molecular flexibility index (Phi) is 3.33. The van der Waals surface area contributed by atoms with Gasteiger partial charge in [0.15, 0.2) is 5.54 Å². The molecular formula is C18H18N2O4. The van der Waals surface area contributed by atoms with E-state index in [0.29, 0.717) is 5.76 Å². The SMILES string of the molecule is CC1(c2ccco2)NC(=O)N(Cc2ccccc2OC2CC2)C1=O. The molecule has 1 N–H and O–H groups in total. The van der Waals surface area contributed by atoms with Gasteiger partial charge >= 0.3 is 6.03 Å². The number of hydrogen-bond donors (Lipinski definition) is 1. The van der Waals surface area contributed by atoms with Gasteiger partial charge in [0.25, 0.3) is 5.91 Å². The third kappa shape index (κ3) is 2.44. The molecular weight excluding hydrogens is 308 g/mol. The first-order valence-electron chi connectivity index (χ1n) is 8.00. The molecule has 1 unspecified atom stereocenters. The second-order valence-electron chi connectivity index (χ2n) is 6.35. The molecule has 24 heavy (non-hydrogen) atoms. The third-order valence-electron chi connectivity index (χ3n) is 4.41. The van der Waals surface area contributed by atoms with Crippen LogP contribution >= 0.6 is 0 Å². The predicted octanol–water partition coefficient (Wildman–Crippen LogP) is 2.79. The Morgan fingerprint density at radius 1 is 1.25 bits per heavy atom. The number of hydrogen-bond acceptors (Lipinski definition) is 4. The predicted molar refractivity (Wildman–Crippen MR) is 85.2 cm³/mol. The number of imide groups is 1. The molecule has 6 nitrogen and oxygen atoms in total. The molecule has 1 aliphatic heterocycles. The highest BCUT2D eigenvalue weighted by Gasteiger charge is 2.51. The summed E-state index contributed by atoms with van der Waals surface area (Å²) in [6.07, 6.45) is 3.84. The first-order chi connectivity index (χ1) is 11.6. The highest BCUT2D eigenvalue weighted by molar-refractivity contribution is 6.06. The van der Waals surface area contributed by atoms with Gasteiger partial charge in [-0.1, -0.05) is 18.2 Å². The summed E-state index contributed by atoms with van der Waals surface area (Å²) in [6, 6.07) is 10.5. The van der Waals surface area contributed by atoms with Crippen molar-refractivity contribution < 1.29 is 18.7 Å². The largest absolute Gasteiger partial charge is 0.490 e. The fraction of sp³-hybridized carbons (Fsp3) is 0.333. The third-order valence-corrected chi connectivity index (χ3v) is 4.41. The van der Waals surface area contributed by atoms with E-state index in [9.17, 15) is 9.59 Å². The number of rotatable bonds is 5. The number of nitrogens with zero attached hydrogens (tertiary/aromatic N) is 1. The summed E-state index contributed by atoms with van der Waals surface area (Å²) in [5.74, 6) is 0.821. The fourth-order valence-corrected chi connectivity index (χ4v) is 2.86. The van der Waals surface area contributed by atoms with Gasteiger partial charge in [0.05, 0.1) is 18.9 Å². The average Bonchev–Trinajstić information content (AvgIpc) is 3.14. The summed E-state index contributed by atoms with van der Waals surface area (Å²) >= 11 is 0. The van der Waals surface area contributed by atoms with Crippen LogP contribution in [0, 0.1) is 0 Å². The Morgan fingerprint density at radius 2 is 2.04 bits per heavy atom. The zero-order valence-corrected chi connectivity index (χ0v) is 13.3. The minimum absolute atomic E-state index is 0.170. The summed E-state index contributed by atoms with van der Waals surface area (Å²) in [4.78, 5) is 26.4. The van der Waals surface area contributed by atoms with E-state index in [2.05, 4.69) is 5.32 Å². The van der Waals surface area contributed by atoms with E-state index in [-0.39, 0.29) is 18.6 Å². The lowest BCUT2D eigenvalue weighted by Crippen LogP contribution is -2.40. The van der Waals surface area contributed by atoms with E-state index in [1.165, 1.54) is 11.2 Å².